The van der Waals surface area contributed by atoms with Gasteiger partial charge in [-0.25, -0.2) is 4.39 Å². The molecule has 1 aromatic rings. The maximum Gasteiger partial charge on any atom is 0.123 e. The predicted octanol–water partition coefficient (Wildman–Crippen LogP) is 3.73. The topological polar surface area (TPSA) is 0 Å². The van der Waals surface area contributed by atoms with Gasteiger partial charge in [0.1, 0.15) is 5.82 Å². The number of halogens is 1. The Morgan fingerprint density at radius 1 is 1.08 bits per heavy atom. The Labute approximate surface area is 73.4 Å². The highest BCUT2D eigenvalue weighted by atomic mass is 19.1. The molecule has 1 heteroatoms. The number of hydrogen-bond donors (Lipinski definition) is 0. The van der Waals surface area contributed by atoms with E-state index in [1.807, 2.05) is 12.1 Å². The van der Waals surface area contributed by atoms with Crippen LogP contribution in [-0.2, 0) is 0 Å². The standard InChI is InChI=1S/C11H15F/c1-3-9(4-2)10-5-7-11(12)8-6-10/h5-9H,3-4H2,1-2H3. The van der Waals surface area contributed by atoms with E-state index in [4.69, 9.17) is 0 Å². The molecule has 0 aliphatic rings. The molecule has 0 radical (unpaired) electrons. The van der Waals surface area contributed by atoms with Crippen LogP contribution >= 0.6 is 0 Å². The zero-order chi connectivity index (χ0) is 8.97. The zero-order valence-corrected chi connectivity index (χ0v) is 7.68. The third kappa shape index (κ3) is 2.07. The third-order valence-electron chi connectivity index (χ3n) is 2.33. The van der Waals surface area contributed by atoms with Crippen LogP contribution in [0, 0.1) is 5.82 Å². The van der Waals surface area contributed by atoms with Crippen molar-refractivity contribution >= 4 is 0 Å². The minimum absolute atomic E-state index is 0.148. The summed E-state index contributed by atoms with van der Waals surface area (Å²) in [6.07, 6.45) is 2.25. The first-order valence-corrected chi connectivity index (χ1v) is 4.53. The van der Waals surface area contributed by atoms with Crippen molar-refractivity contribution in [2.24, 2.45) is 0 Å². The fraction of sp³-hybridized carbons (Fsp3) is 0.455. The largest absolute Gasteiger partial charge is 0.207 e. The van der Waals surface area contributed by atoms with Crippen LogP contribution in [0.4, 0.5) is 4.39 Å². The van der Waals surface area contributed by atoms with Gasteiger partial charge in [-0.3, -0.25) is 0 Å². The summed E-state index contributed by atoms with van der Waals surface area (Å²) in [7, 11) is 0. The Hall–Kier alpha value is -0.850. The van der Waals surface area contributed by atoms with Crippen LogP contribution in [0.1, 0.15) is 38.2 Å². The molecule has 0 aromatic heterocycles. The molecule has 0 aliphatic carbocycles. The summed E-state index contributed by atoms with van der Waals surface area (Å²) >= 11 is 0. The van der Waals surface area contributed by atoms with Gasteiger partial charge < -0.3 is 0 Å². The maximum atomic E-state index is 12.6. The molecular weight excluding hydrogens is 151 g/mol. The van der Waals surface area contributed by atoms with Gasteiger partial charge >= 0.3 is 0 Å². The minimum Gasteiger partial charge on any atom is -0.207 e. The van der Waals surface area contributed by atoms with Gasteiger partial charge in [-0.1, -0.05) is 26.0 Å². The van der Waals surface area contributed by atoms with E-state index >= 15 is 0 Å². The van der Waals surface area contributed by atoms with Crippen molar-refractivity contribution < 1.29 is 4.39 Å². The molecule has 12 heavy (non-hydrogen) atoms. The molecule has 0 saturated carbocycles. The molecule has 66 valence electrons. The second-order valence-electron chi connectivity index (χ2n) is 3.06. The lowest BCUT2D eigenvalue weighted by Gasteiger charge is -2.11. The molecule has 1 aromatic carbocycles. The summed E-state index contributed by atoms with van der Waals surface area (Å²) in [5.41, 5.74) is 1.25. The lowest BCUT2D eigenvalue weighted by molar-refractivity contribution is 0.616. The van der Waals surface area contributed by atoms with Crippen molar-refractivity contribution in [3.8, 4) is 0 Å². The first kappa shape index (κ1) is 9.24. The van der Waals surface area contributed by atoms with E-state index in [0.717, 1.165) is 12.8 Å². The van der Waals surface area contributed by atoms with Gasteiger partial charge in [-0.05, 0) is 36.5 Å². The fourth-order valence-electron chi connectivity index (χ4n) is 1.50. The fourth-order valence-corrected chi connectivity index (χ4v) is 1.50. The van der Waals surface area contributed by atoms with E-state index in [1.54, 1.807) is 0 Å². The zero-order valence-electron chi connectivity index (χ0n) is 7.68. The van der Waals surface area contributed by atoms with E-state index in [1.165, 1.54) is 17.7 Å². The predicted molar refractivity (Wildman–Crippen MR) is 49.7 cm³/mol. The SMILES string of the molecule is CCC(CC)c1ccc(F)cc1. The minimum atomic E-state index is -0.148. The van der Waals surface area contributed by atoms with Crippen molar-refractivity contribution in [1.82, 2.24) is 0 Å². The molecule has 1 rings (SSSR count). The number of hydrogen-bond acceptors (Lipinski definition) is 0. The van der Waals surface area contributed by atoms with Gasteiger partial charge in [0.2, 0.25) is 0 Å². The highest BCUT2D eigenvalue weighted by Crippen LogP contribution is 2.22. The van der Waals surface area contributed by atoms with Gasteiger partial charge in [0.05, 0.1) is 0 Å². The summed E-state index contributed by atoms with van der Waals surface area (Å²) in [6, 6.07) is 6.83. The van der Waals surface area contributed by atoms with Crippen LogP contribution in [0.3, 0.4) is 0 Å². The Bertz CT molecular complexity index is 221. The first-order chi connectivity index (χ1) is 5.77. The quantitative estimate of drug-likeness (QED) is 0.641. The molecule has 0 fully saturated rings. The van der Waals surface area contributed by atoms with Gasteiger partial charge in [0.15, 0.2) is 0 Å². The normalized spacial score (nSPS) is 10.7. The molecular formula is C11H15F. The monoisotopic (exact) mass is 166 g/mol. The van der Waals surface area contributed by atoms with Crippen molar-refractivity contribution in [3.05, 3.63) is 35.6 Å². The van der Waals surface area contributed by atoms with Gasteiger partial charge in [-0.15, -0.1) is 0 Å². The van der Waals surface area contributed by atoms with E-state index in [-0.39, 0.29) is 5.82 Å². The van der Waals surface area contributed by atoms with Crippen LogP contribution in [0.5, 0.6) is 0 Å². The molecule has 0 N–H and O–H groups in total. The Morgan fingerprint density at radius 3 is 2.00 bits per heavy atom. The van der Waals surface area contributed by atoms with Crippen LogP contribution < -0.4 is 0 Å². The molecule has 0 spiro atoms. The Morgan fingerprint density at radius 2 is 1.58 bits per heavy atom. The summed E-state index contributed by atoms with van der Waals surface area (Å²) < 4.78 is 12.6. The van der Waals surface area contributed by atoms with Gasteiger partial charge in [-0.2, -0.15) is 0 Å². The number of benzene rings is 1. The highest BCUT2D eigenvalue weighted by Gasteiger charge is 2.05. The van der Waals surface area contributed by atoms with Crippen LogP contribution in [0.25, 0.3) is 0 Å². The first-order valence-electron chi connectivity index (χ1n) is 4.53. The maximum absolute atomic E-state index is 12.6. The van der Waals surface area contributed by atoms with Gasteiger partial charge in [0, 0.05) is 0 Å². The lowest BCUT2D eigenvalue weighted by Crippen LogP contribution is -1.94. The Balaban J connectivity index is 2.80. The summed E-state index contributed by atoms with van der Waals surface area (Å²) in [5, 5.41) is 0. The lowest BCUT2D eigenvalue weighted by atomic mass is 9.94. The van der Waals surface area contributed by atoms with Crippen molar-refractivity contribution in [3.63, 3.8) is 0 Å². The molecule has 0 aliphatic heterocycles. The molecule has 0 bridgehead atoms. The molecule has 0 nitrogen and oxygen atoms in total. The van der Waals surface area contributed by atoms with E-state index in [0.29, 0.717) is 5.92 Å². The third-order valence-corrected chi connectivity index (χ3v) is 2.33. The average molecular weight is 166 g/mol. The summed E-state index contributed by atoms with van der Waals surface area (Å²) in [4.78, 5) is 0. The van der Waals surface area contributed by atoms with Crippen LogP contribution in [0.15, 0.2) is 24.3 Å². The number of rotatable bonds is 3. The second kappa shape index (κ2) is 4.24. The van der Waals surface area contributed by atoms with Crippen LogP contribution in [0.2, 0.25) is 0 Å². The van der Waals surface area contributed by atoms with Crippen molar-refractivity contribution in [1.29, 1.82) is 0 Å². The van der Waals surface area contributed by atoms with E-state index in [2.05, 4.69) is 13.8 Å². The van der Waals surface area contributed by atoms with Crippen molar-refractivity contribution in [2.75, 3.05) is 0 Å². The van der Waals surface area contributed by atoms with E-state index in [9.17, 15) is 4.39 Å². The van der Waals surface area contributed by atoms with Gasteiger partial charge in [0.25, 0.3) is 0 Å². The second-order valence-corrected chi connectivity index (χ2v) is 3.06. The molecule has 0 saturated heterocycles. The summed E-state index contributed by atoms with van der Waals surface area (Å²) in [6.45, 7) is 4.33. The smallest absolute Gasteiger partial charge is 0.123 e. The molecule has 0 amide bonds. The van der Waals surface area contributed by atoms with Crippen LogP contribution in [-0.4, -0.2) is 0 Å². The van der Waals surface area contributed by atoms with Crippen molar-refractivity contribution in [2.45, 2.75) is 32.6 Å². The van der Waals surface area contributed by atoms with E-state index < -0.39 is 0 Å². The molecule has 0 unspecified atom stereocenters. The average Bonchev–Trinajstić information content (AvgIpc) is 2.10. The summed E-state index contributed by atoms with van der Waals surface area (Å²) in [5.74, 6) is 0.440. The highest BCUT2D eigenvalue weighted by molar-refractivity contribution is 5.20. The molecule has 0 heterocycles. The molecule has 0 atom stereocenters. The Kier molecular flexibility index (Phi) is 3.27.